The second-order valence-corrected chi connectivity index (χ2v) is 10.1. The number of rotatable bonds is 6. The van der Waals surface area contributed by atoms with E-state index in [9.17, 15) is 29.7 Å². The molecule has 4 N–H and O–H groups in total. The first kappa shape index (κ1) is 23.1. The Hall–Kier alpha value is -2.10. The number of fused-ring (bicyclic) bond motifs is 5. The number of aliphatic hydroxyl groups is 3. The third-order valence-electron chi connectivity index (χ3n) is 8.83. The average Bonchev–Trinajstić information content (AvgIpc) is 3.06. The van der Waals surface area contributed by atoms with Gasteiger partial charge in [0, 0.05) is 0 Å². The average molecular weight is 450 g/mol. The Morgan fingerprint density at radius 1 is 1.28 bits per heavy atom. The highest BCUT2D eigenvalue weighted by molar-refractivity contribution is 5.96. The molecule has 9 nitrogen and oxygen atoms in total. The molecule has 32 heavy (non-hydrogen) atoms. The molecule has 0 unspecified atom stereocenters. The fraction of sp³-hybridized carbons (Fsp3) is 0.739. The predicted molar refractivity (Wildman–Crippen MR) is 112 cm³/mol. The van der Waals surface area contributed by atoms with E-state index in [1.807, 2.05) is 6.08 Å². The number of carboxylic acids is 1. The number of ketones is 1. The van der Waals surface area contributed by atoms with E-state index < -0.39 is 42.1 Å². The summed E-state index contributed by atoms with van der Waals surface area (Å²) in [5, 5.41) is 44.6. The summed E-state index contributed by atoms with van der Waals surface area (Å²) in [7, 11) is 0. The van der Waals surface area contributed by atoms with E-state index in [1.54, 1.807) is 0 Å². The van der Waals surface area contributed by atoms with Crippen molar-refractivity contribution in [3.63, 3.8) is 0 Å². The van der Waals surface area contributed by atoms with Gasteiger partial charge in [-0.15, -0.1) is 0 Å². The molecule has 4 aliphatic rings. The summed E-state index contributed by atoms with van der Waals surface area (Å²) in [5.41, 5.74) is -1.85. The van der Waals surface area contributed by atoms with Crippen LogP contribution in [0.3, 0.4) is 0 Å². The summed E-state index contributed by atoms with van der Waals surface area (Å²) in [5.74, 6) is -2.24. The largest absolute Gasteiger partial charge is 0.479 e. The highest BCUT2D eigenvalue weighted by Crippen LogP contribution is 2.67. The number of nitrogens with zero attached hydrogens (tertiary/aromatic N) is 1. The number of aldehydes is 1. The molecule has 4 aliphatic carbocycles. The van der Waals surface area contributed by atoms with Crippen LogP contribution in [0.15, 0.2) is 16.8 Å². The SMILES string of the molecule is C[C@]12CC/C(=N\OCC(=O)O)C=C1CC[C@@H]1[C@@H]2[C@@H](O)C[C@@]2(C=O)[C@H]1CC[C@]2(O)C(=O)CO. The van der Waals surface area contributed by atoms with Crippen LogP contribution < -0.4 is 0 Å². The van der Waals surface area contributed by atoms with E-state index in [0.29, 0.717) is 37.7 Å². The van der Waals surface area contributed by atoms with Gasteiger partial charge in [-0.3, -0.25) is 4.79 Å². The van der Waals surface area contributed by atoms with Gasteiger partial charge in [0.1, 0.15) is 18.5 Å². The van der Waals surface area contributed by atoms with E-state index in [-0.39, 0.29) is 36.0 Å². The van der Waals surface area contributed by atoms with Gasteiger partial charge in [0.05, 0.1) is 17.2 Å². The van der Waals surface area contributed by atoms with Crippen molar-refractivity contribution >= 4 is 23.8 Å². The Bertz CT molecular complexity index is 883. The molecule has 176 valence electrons. The molecule has 7 atom stereocenters. The molecule has 0 amide bonds. The maximum Gasteiger partial charge on any atom is 0.344 e. The Labute approximate surface area is 186 Å². The Morgan fingerprint density at radius 2 is 2.03 bits per heavy atom. The molecule has 0 aromatic heterocycles. The summed E-state index contributed by atoms with van der Waals surface area (Å²) in [6, 6.07) is 0. The first-order valence-corrected chi connectivity index (χ1v) is 11.3. The Balaban J connectivity index is 1.65. The molecule has 0 spiro atoms. The number of carbonyl (C=O) groups excluding carboxylic acids is 2. The summed E-state index contributed by atoms with van der Waals surface area (Å²) >= 11 is 0. The number of hydrogen-bond acceptors (Lipinski definition) is 8. The molecule has 0 aliphatic heterocycles. The topological polar surface area (TPSA) is 154 Å². The molecular formula is C23H31NO8. The smallest absolute Gasteiger partial charge is 0.344 e. The minimum Gasteiger partial charge on any atom is -0.479 e. The summed E-state index contributed by atoms with van der Waals surface area (Å²) in [6.45, 7) is 0.777. The van der Waals surface area contributed by atoms with Crippen LogP contribution in [0.25, 0.3) is 0 Å². The molecule has 0 aromatic carbocycles. The third kappa shape index (κ3) is 3.16. The summed E-state index contributed by atoms with van der Waals surface area (Å²) in [6.07, 6.45) is 5.04. The normalized spacial score (nSPS) is 44.1. The maximum absolute atomic E-state index is 12.5. The zero-order valence-corrected chi connectivity index (χ0v) is 18.2. The van der Waals surface area contributed by atoms with Crippen molar-refractivity contribution in [3.8, 4) is 0 Å². The molecule has 0 radical (unpaired) electrons. The molecule has 4 rings (SSSR count). The van der Waals surface area contributed by atoms with E-state index in [0.717, 1.165) is 12.0 Å². The van der Waals surface area contributed by atoms with Crippen LogP contribution in [0.4, 0.5) is 0 Å². The van der Waals surface area contributed by atoms with Gasteiger partial charge in [-0.2, -0.15) is 0 Å². The van der Waals surface area contributed by atoms with E-state index >= 15 is 0 Å². The maximum atomic E-state index is 12.5. The number of carbonyl (C=O) groups is 3. The molecular weight excluding hydrogens is 418 g/mol. The van der Waals surface area contributed by atoms with Crippen molar-refractivity contribution in [1.29, 1.82) is 0 Å². The number of carboxylic acid groups (broad SMARTS) is 1. The van der Waals surface area contributed by atoms with Crippen molar-refractivity contribution in [2.24, 2.45) is 33.7 Å². The second kappa shape index (κ2) is 8.04. The van der Waals surface area contributed by atoms with Crippen molar-refractivity contribution in [2.75, 3.05) is 13.2 Å². The van der Waals surface area contributed by atoms with E-state index in [4.69, 9.17) is 9.94 Å². The number of oxime groups is 1. The molecule has 0 aromatic rings. The quantitative estimate of drug-likeness (QED) is 0.344. The van der Waals surface area contributed by atoms with Crippen molar-refractivity contribution < 1.29 is 39.6 Å². The summed E-state index contributed by atoms with van der Waals surface area (Å²) < 4.78 is 0. The first-order chi connectivity index (χ1) is 15.1. The Morgan fingerprint density at radius 3 is 2.69 bits per heavy atom. The minimum atomic E-state index is -1.94. The van der Waals surface area contributed by atoms with Gasteiger partial charge in [0.25, 0.3) is 0 Å². The standard InChI is InChI=1S/C23H31NO8/c1-21-6-4-14(24-32-11-19(29)30)8-13(21)2-3-15-16-5-7-23(31,18(28)10-25)22(16,12-26)9-17(27)20(15)21/h8,12,15-17,20,25,27,31H,2-7,9-11H2,1H3,(H,29,30)/b24-14+/t15-,16-,17-,20+,21-,22+,23-/m0/s1. The van der Waals surface area contributed by atoms with Crippen LogP contribution in [0.1, 0.15) is 51.9 Å². The van der Waals surface area contributed by atoms with Gasteiger partial charge in [-0.1, -0.05) is 17.7 Å². The predicted octanol–water partition coefficient (Wildman–Crippen LogP) is 0.849. The summed E-state index contributed by atoms with van der Waals surface area (Å²) in [4.78, 5) is 40.4. The fourth-order valence-electron chi connectivity index (χ4n) is 7.42. The van der Waals surface area contributed by atoms with Crippen LogP contribution in [-0.4, -0.2) is 69.1 Å². The first-order valence-electron chi connectivity index (χ1n) is 11.3. The third-order valence-corrected chi connectivity index (χ3v) is 8.83. The van der Waals surface area contributed by atoms with Crippen LogP contribution in [0.2, 0.25) is 0 Å². The molecule has 9 heteroatoms. The van der Waals surface area contributed by atoms with E-state index in [1.165, 1.54) is 0 Å². The van der Waals surface area contributed by atoms with Crippen LogP contribution in [0.5, 0.6) is 0 Å². The van der Waals surface area contributed by atoms with Crippen molar-refractivity contribution in [3.05, 3.63) is 11.6 Å². The van der Waals surface area contributed by atoms with Gasteiger partial charge < -0.3 is 30.1 Å². The van der Waals surface area contributed by atoms with Gasteiger partial charge in [0.2, 0.25) is 6.61 Å². The van der Waals surface area contributed by atoms with Gasteiger partial charge in [-0.25, -0.2) is 4.79 Å². The minimum absolute atomic E-state index is 0.00386. The van der Waals surface area contributed by atoms with Crippen LogP contribution in [0, 0.1) is 28.6 Å². The zero-order chi connectivity index (χ0) is 23.3. The molecule has 3 fully saturated rings. The van der Waals surface area contributed by atoms with Crippen molar-refractivity contribution in [2.45, 2.75) is 63.6 Å². The lowest BCUT2D eigenvalue weighted by Gasteiger charge is -2.59. The molecule has 0 heterocycles. The number of hydrogen-bond donors (Lipinski definition) is 4. The molecule has 0 bridgehead atoms. The fourth-order valence-corrected chi connectivity index (χ4v) is 7.42. The molecule has 0 saturated heterocycles. The zero-order valence-electron chi connectivity index (χ0n) is 18.2. The van der Waals surface area contributed by atoms with Crippen LogP contribution >= 0.6 is 0 Å². The molecule has 3 saturated carbocycles. The number of Topliss-reactive ketones (excluding diaryl/α,β-unsaturated/α-hetero) is 1. The van der Waals surface area contributed by atoms with E-state index in [2.05, 4.69) is 12.1 Å². The lowest BCUT2D eigenvalue weighted by atomic mass is 9.45. The highest BCUT2D eigenvalue weighted by Gasteiger charge is 2.70. The highest BCUT2D eigenvalue weighted by atomic mass is 16.6. The van der Waals surface area contributed by atoms with Gasteiger partial charge >= 0.3 is 5.97 Å². The van der Waals surface area contributed by atoms with Gasteiger partial charge in [0.15, 0.2) is 5.78 Å². The number of aliphatic hydroxyl groups excluding tert-OH is 2. The number of aliphatic carboxylic acids is 1. The monoisotopic (exact) mass is 449 g/mol. The Kier molecular flexibility index (Phi) is 5.80. The lowest BCUT2D eigenvalue weighted by molar-refractivity contribution is -0.185. The lowest BCUT2D eigenvalue weighted by Crippen LogP contribution is -2.63. The van der Waals surface area contributed by atoms with Crippen LogP contribution in [-0.2, 0) is 19.2 Å². The second-order valence-electron chi connectivity index (χ2n) is 10.1. The van der Waals surface area contributed by atoms with Gasteiger partial charge in [-0.05, 0) is 74.2 Å². The number of allylic oxidation sites excluding steroid dienone is 2. The van der Waals surface area contributed by atoms with Crippen molar-refractivity contribution in [1.82, 2.24) is 0 Å².